The molecule has 0 N–H and O–H groups in total. The van der Waals surface area contributed by atoms with Gasteiger partial charge in [-0.15, -0.1) is 0 Å². The lowest BCUT2D eigenvalue weighted by molar-refractivity contribution is -0.139. The lowest BCUT2D eigenvalue weighted by Crippen LogP contribution is -2.53. The van der Waals surface area contributed by atoms with Crippen molar-refractivity contribution in [2.45, 2.75) is 32.4 Å². The van der Waals surface area contributed by atoms with Gasteiger partial charge in [0.05, 0.1) is 26.0 Å². The number of likely N-dealkylation sites (tertiary alicyclic amines) is 1. The fourth-order valence-electron chi connectivity index (χ4n) is 3.61. The van der Waals surface area contributed by atoms with Crippen molar-refractivity contribution in [3.8, 4) is 5.75 Å². The van der Waals surface area contributed by atoms with Gasteiger partial charge < -0.3 is 24.2 Å². The Balaban J connectivity index is 1.75. The van der Waals surface area contributed by atoms with Gasteiger partial charge in [0.25, 0.3) is 0 Å². The third-order valence-electron chi connectivity index (χ3n) is 5.09. The van der Waals surface area contributed by atoms with Crippen molar-refractivity contribution in [2.24, 2.45) is 0 Å². The van der Waals surface area contributed by atoms with Gasteiger partial charge in [0.15, 0.2) is 0 Å². The Labute approximate surface area is 160 Å². The maximum absolute atomic E-state index is 13.1. The van der Waals surface area contributed by atoms with Crippen molar-refractivity contribution >= 4 is 11.9 Å². The van der Waals surface area contributed by atoms with Crippen LogP contribution in [0.2, 0.25) is 0 Å². The van der Waals surface area contributed by atoms with E-state index in [0.29, 0.717) is 58.1 Å². The highest BCUT2D eigenvalue weighted by Crippen LogP contribution is 2.25. The minimum atomic E-state index is -0.502. The second-order valence-corrected chi connectivity index (χ2v) is 6.72. The summed E-state index contributed by atoms with van der Waals surface area (Å²) in [6.45, 7) is 7.71. The number of ether oxygens (including phenoxy) is 2. The Kier molecular flexibility index (Phi) is 6.49. The average molecular weight is 376 g/mol. The molecule has 0 spiro atoms. The predicted molar refractivity (Wildman–Crippen MR) is 99.5 cm³/mol. The molecule has 0 bridgehead atoms. The lowest BCUT2D eigenvalue weighted by Gasteiger charge is -2.34. The normalized spacial score (nSPS) is 22.6. The van der Waals surface area contributed by atoms with Crippen molar-refractivity contribution < 1.29 is 19.1 Å². The molecular formula is C19H28N4O4. The number of hydrogen-bond acceptors (Lipinski definition) is 5. The zero-order valence-electron chi connectivity index (χ0n) is 16.0. The standard InChI is InChI=1S/C19H28N4O4/c1-3-21(4-2)19(25)23-14-16(27-15-6-5-7-20-13-15)12-17(23)18(24)22-8-10-26-11-9-22/h5-7,13,16-17H,3-4,8-12,14H2,1-2H3/t16-,17+/m0/s1. The van der Waals surface area contributed by atoms with E-state index in [0.717, 1.165) is 0 Å². The summed E-state index contributed by atoms with van der Waals surface area (Å²) in [4.78, 5) is 35.4. The van der Waals surface area contributed by atoms with Crippen LogP contribution in [0.25, 0.3) is 0 Å². The molecule has 2 saturated heterocycles. The van der Waals surface area contributed by atoms with Crippen LogP contribution in [0, 0.1) is 0 Å². The molecule has 27 heavy (non-hydrogen) atoms. The summed E-state index contributed by atoms with van der Waals surface area (Å²) in [6.07, 6.45) is 3.58. The highest BCUT2D eigenvalue weighted by Gasteiger charge is 2.43. The van der Waals surface area contributed by atoms with Crippen molar-refractivity contribution in [3.05, 3.63) is 24.5 Å². The molecule has 1 aromatic rings. The zero-order valence-corrected chi connectivity index (χ0v) is 16.0. The number of carbonyl (C=O) groups is 2. The van der Waals surface area contributed by atoms with E-state index in [1.165, 1.54) is 0 Å². The molecule has 2 atom stereocenters. The quantitative estimate of drug-likeness (QED) is 0.773. The largest absolute Gasteiger partial charge is 0.487 e. The van der Waals surface area contributed by atoms with Crippen LogP contribution in [0.5, 0.6) is 5.75 Å². The molecule has 0 saturated carbocycles. The highest BCUT2D eigenvalue weighted by molar-refractivity contribution is 5.88. The van der Waals surface area contributed by atoms with Crippen molar-refractivity contribution in [3.63, 3.8) is 0 Å². The molecule has 148 valence electrons. The molecule has 0 radical (unpaired) electrons. The summed E-state index contributed by atoms with van der Waals surface area (Å²) in [7, 11) is 0. The van der Waals surface area contributed by atoms with Crippen LogP contribution in [-0.2, 0) is 9.53 Å². The summed E-state index contributed by atoms with van der Waals surface area (Å²) in [5, 5.41) is 0. The van der Waals surface area contributed by atoms with Crippen LogP contribution >= 0.6 is 0 Å². The first-order valence-electron chi connectivity index (χ1n) is 9.62. The Morgan fingerprint density at radius 3 is 2.67 bits per heavy atom. The number of carbonyl (C=O) groups excluding carboxylic acids is 2. The Bertz CT molecular complexity index is 632. The second kappa shape index (κ2) is 9.03. The topological polar surface area (TPSA) is 75.2 Å². The molecule has 3 rings (SSSR count). The fourth-order valence-corrected chi connectivity index (χ4v) is 3.61. The summed E-state index contributed by atoms with van der Waals surface area (Å²) >= 11 is 0. The van der Waals surface area contributed by atoms with Gasteiger partial charge in [0.1, 0.15) is 17.9 Å². The first kappa shape index (κ1) is 19.4. The molecule has 2 aliphatic heterocycles. The molecule has 8 nitrogen and oxygen atoms in total. The van der Waals surface area contributed by atoms with Gasteiger partial charge in [-0.2, -0.15) is 0 Å². The van der Waals surface area contributed by atoms with Gasteiger partial charge in [-0.1, -0.05) is 0 Å². The van der Waals surface area contributed by atoms with E-state index >= 15 is 0 Å². The van der Waals surface area contributed by atoms with Crippen molar-refractivity contribution in [1.82, 2.24) is 19.7 Å². The van der Waals surface area contributed by atoms with E-state index in [9.17, 15) is 9.59 Å². The van der Waals surface area contributed by atoms with Crippen LogP contribution in [0.1, 0.15) is 20.3 Å². The Morgan fingerprint density at radius 2 is 2.04 bits per heavy atom. The molecule has 0 aromatic carbocycles. The number of morpholine rings is 1. The highest BCUT2D eigenvalue weighted by atomic mass is 16.5. The third-order valence-corrected chi connectivity index (χ3v) is 5.09. The minimum absolute atomic E-state index is 0.0175. The molecule has 8 heteroatoms. The van der Waals surface area contributed by atoms with E-state index in [2.05, 4.69) is 4.98 Å². The molecule has 3 amide bonds. The van der Waals surface area contributed by atoms with Gasteiger partial charge >= 0.3 is 6.03 Å². The SMILES string of the molecule is CCN(CC)C(=O)N1C[C@@H](Oc2cccnc2)C[C@@H]1C(=O)N1CCOCC1. The second-order valence-electron chi connectivity index (χ2n) is 6.72. The smallest absolute Gasteiger partial charge is 0.320 e. The monoisotopic (exact) mass is 376 g/mol. The van der Waals surface area contributed by atoms with Crippen LogP contribution < -0.4 is 4.74 Å². The third kappa shape index (κ3) is 4.50. The number of amides is 3. The number of hydrogen-bond donors (Lipinski definition) is 0. The van der Waals surface area contributed by atoms with Gasteiger partial charge in [0.2, 0.25) is 5.91 Å². The summed E-state index contributed by atoms with van der Waals surface area (Å²) in [6, 6.07) is 3.03. The van der Waals surface area contributed by atoms with E-state index in [-0.39, 0.29) is 18.0 Å². The summed E-state index contributed by atoms with van der Waals surface area (Å²) in [5.74, 6) is 0.633. The summed E-state index contributed by atoms with van der Waals surface area (Å²) < 4.78 is 11.3. The molecule has 2 fully saturated rings. The Hall–Kier alpha value is -2.35. The van der Waals surface area contributed by atoms with Crippen molar-refractivity contribution in [2.75, 3.05) is 45.9 Å². The maximum Gasteiger partial charge on any atom is 0.320 e. The van der Waals surface area contributed by atoms with Crippen LogP contribution in [0.3, 0.4) is 0 Å². The molecule has 0 aliphatic carbocycles. The lowest BCUT2D eigenvalue weighted by atomic mass is 10.1. The first-order valence-corrected chi connectivity index (χ1v) is 9.62. The van der Waals surface area contributed by atoms with Gasteiger partial charge in [-0.25, -0.2) is 4.79 Å². The maximum atomic E-state index is 13.1. The number of pyridine rings is 1. The number of rotatable bonds is 5. The van der Waals surface area contributed by atoms with Crippen LogP contribution in [0.15, 0.2) is 24.5 Å². The van der Waals surface area contributed by atoms with Crippen molar-refractivity contribution in [1.29, 1.82) is 0 Å². The summed E-state index contributed by atoms with van der Waals surface area (Å²) in [5.41, 5.74) is 0. The first-order chi connectivity index (χ1) is 13.1. The van der Waals surface area contributed by atoms with Crippen LogP contribution in [0.4, 0.5) is 4.79 Å². The molecule has 2 aliphatic rings. The molecule has 1 aromatic heterocycles. The Morgan fingerprint density at radius 1 is 1.30 bits per heavy atom. The molecule has 3 heterocycles. The fraction of sp³-hybridized carbons (Fsp3) is 0.632. The number of nitrogens with zero attached hydrogens (tertiary/aromatic N) is 4. The zero-order chi connectivity index (χ0) is 19.2. The van der Waals surface area contributed by atoms with Gasteiger partial charge in [-0.05, 0) is 26.0 Å². The van der Waals surface area contributed by atoms with Crippen LogP contribution in [-0.4, -0.2) is 89.7 Å². The van der Waals surface area contributed by atoms with E-state index < -0.39 is 6.04 Å². The molecular weight excluding hydrogens is 348 g/mol. The van der Waals surface area contributed by atoms with Gasteiger partial charge in [0, 0.05) is 38.8 Å². The minimum Gasteiger partial charge on any atom is -0.487 e. The van der Waals surface area contributed by atoms with Gasteiger partial charge in [-0.3, -0.25) is 9.78 Å². The number of aromatic nitrogens is 1. The average Bonchev–Trinajstić information content (AvgIpc) is 3.13. The molecule has 0 unspecified atom stereocenters. The number of urea groups is 1. The van der Waals surface area contributed by atoms with E-state index in [1.807, 2.05) is 19.9 Å². The van der Waals surface area contributed by atoms with E-state index in [4.69, 9.17) is 9.47 Å². The van der Waals surface area contributed by atoms with E-state index in [1.54, 1.807) is 33.2 Å². The predicted octanol–water partition coefficient (Wildman–Crippen LogP) is 1.22.